The molecular formula is C14H16ClNO3S. The second-order valence-electron chi connectivity index (χ2n) is 4.44. The minimum atomic E-state index is -3.56. The zero-order chi connectivity index (χ0) is 14.6. The fraction of sp³-hybridized carbons (Fsp3) is 0.286. The molecule has 0 saturated carbocycles. The summed E-state index contributed by atoms with van der Waals surface area (Å²) >= 11 is 5.65. The van der Waals surface area contributed by atoms with Crippen molar-refractivity contribution in [3.8, 4) is 0 Å². The average Bonchev–Trinajstić information content (AvgIpc) is 2.93. The number of sulfonamides is 1. The lowest BCUT2D eigenvalue weighted by atomic mass is 10.2. The van der Waals surface area contributed by atoms with Crippen molar-refractivity contribution < 1.29 is 12.8 Å². The Labute approximate surface area is 123 Å². The van der Waals surface area contributed by atoms with Gasteiger partial charge in [0.05, 0.1) is 17.2 Å². The van der Waals surface area contributed by atoms with Gasteiger partial charge in [-0.1, -0.05) is 12.1 Å². The molecule has 0 amide bonds. The summed E-state index contributed by atoms with van der Waals surface area (Å²) in [6, 6.07) is 9.75. The highest BCUT2D eigenvalue weighted by Gasteiger charge is 2.19. The lowest BCUT2D eigenvalue weighted by molar-refractivity contribution is 0.459. The van der Waals surface area contributed by atoms with Crippen molar-refractivity contribution in [2.45, 2.75) is 24.3 Å². The zero-order valence-electron chi connectivity index (χ0n) is 11.0. The van der Waals surface area contributed by atoms with E-state index in [1.165, 1.54) is 6.26 Å². The van der Waals surface area contributed by atoms with Crippen molar-refractivity contribution in [3.63, 3.8) is 0 Å². The number of rotatable bonds is 6. The average molecular weight is 314 g/mol. The molecule has 0 aliphatic rings. The summed E-state index contributed by atoms with van der Waals surface area (Å²) < 4.78 is 32.2. The predicted octanol–water partition coefficient (Wildman–Crippen LogP) is 3.10. The third-order valence-electron chi connectivity index (χ3n) is 2.92. The molecule has 0 aliphatic carbocycles. The van der Waals surface area contributed by atoms with Gasteiger partial charge >= 0.3 is 0 Å². The van der Waals surface area contributed by atoms with Gasteiger partial charge in [0.2, 0.25) is 10.0 Å². The van der Waals surface area contributed by atoms with Crippen LogP contribution in [0.15, 0.2) is 52.0 Å². The van der Waals surface area contributed by atoms with Crippen molar-refractivity contribution in [1.29, 1.82) is 0 Å². The van der Waals surface area contributed by atoms with Crippen molar-refractivity contribution >= 4 is 21.6 Å². The molecular weight excluding hydrogens is 298 g/mol. The number of alkyl halides is 1. The van der Waals surface area contributed by atoms with E-state index in [-0.39, 0.29) is 4.90 Å². The summed E-state index contributed by atoms with van der Waals surface area (Å²) in [5.41, 5.74) is 1.01. The third-order valence-corrected chi connectivity index (χ3v) is 4.66. The van der Waals surface area contributed by atoms with Crippen molar-refractivity contribution in [1.82, 2.24) is 4.72 Å². The highest BCUT2D eigenvalue weighted by atomic mass is 35.5. The SMILES string of the molecule is CC(NS(=O)(=O)c1ccc(CCCl)cc1)c1ccco1. The predicted molar refractivity (Wildman–Crippen MR) is 78.3 cm³/mol. The summed E-state index contributed by atoms with van der Waals surface area (Å²) in [6.45, 7) is 1.73. The minimum Gasteiger partial charge on any atom is -0.468 e. The maximum atomic E-state index is 12.2. The molecule has 1 heterocycles. The van der Waals surface area contributed by atoms with E-state index in [1.54, 1.807) is 43.3 Å². The first-order valence-electron chi connectivity index (χ1n) is 6.23. The van der Waals surface area contributed by atoms with Gasteiger partial charge < -0.3 is 4.42 Å². The Balaban J connectivity index is 2.13. The molecule has 0 fully saturated rings. The molecule has 2 aromatic rings. The van der Waals surface area contributed by atoms with Crippen molar-refractivity contribution in [2.24, 2.45) is 0 Å². The number of benzene rings is 1. The Hall–Kier alpha value is -1.30. The molecule has 108 valence electrons. The van der Waals surface area contributed by atoms with Crippen LogP contribution in [-0.2, 0) is 16.4 Å². The lowest BCUT2D eigenvalue weighted by Gasteiger charge is -2.12. The number of aryl methyl sites for hydroxylation is 1. The molecule has 0 bridgehead atoms. The lowest BCUT2D eigenvalue weighted by Crippen LogP contribution is -2.26. The Morgan fingerprint density at radius 1 is 1.25 bits per heavy atom. The Morgan fingerprint density at radius 3 is 2.50 bits per heavy atom. The standard InChI is InChI=1S/C14H16ClNO3S/c1-11(14-3-2-10-19-14)16-20(17,18)13-6-4-12(5-7-13)8-9-15/h2-7,10-11,16H,8-9H2,1H3. The van der Waals surface area contributed by atoms with E-state index in [9.17, 15) is 8.42 Å². The molecule has 0 radical (unpaired) electrons. The molecule has 0 spiro atoms. The minimum absolute atomic E-state index is 0.231. The third kappa shape index (κ3) is 3.62. The van der Waals surface area contributed by atoms with E-state index in [4.69, 9.17) is 16.0 Å². The largest absolute Gasteiger partial charge is 0.468 e. The van der Waals surface area contributed by atoms with Crippen LogP contribution >= 0.6 is 11.6 Å². The van der Waals surface area contributed by atoms with Crippen LogP contribution in [-0.4, -0.2) is 14.3 Å². The Kier molecular flexibility index (Phi) is 4.86. The number of nitrogens with one attached hydrogen (secondary N) is 1. The summed E-state index contributed by atoms with van der Waals surface area (Å²) in [5, 5.41) is 0. The van der Waals surface area contributed by atoms with Gasteiger partial charge in [0.15, 0.2) is 0 Å². The summed E-state index contributed by atoms with van der Waals surface area (Å²) in [4.78, 5) is 0.231. The zero-order valence-corrected chi connectivity index (χ0v) is 12.6. The Bertz CT molecular complexity index is 636. The number of hydrogen-bond donors (Lipinski definition) is 1. The van der Waals surface area contributed by atoms with Gasteiger partial charge in [-0.05, 0) is 43.2 Å². The first-order valence-corrected chi connectivity index (χ1v) is 8.25. The molecule has 0 saturated heterocycles. The number of furan rings is 1. The normalized spacial score (nSPS) is 13.3. The highest BCUT2D eigenvalue weighted by Crippen LogP contribution is 2.17. The topological polar surface area (TPSA) is 59.3 Å². The second-order valence-corrected chi connectivity index (χ2v) is 6.53. The quantitative estimate of drug-likeness (QED) is 0.834. The molecule has 1 unspecified atom stereocenters. The van der Waals surface area contributed by atoms with Crippen LogP contribution in [0.3, 0.4) is 0 Å². The van der Waals surface area contributed by atoms with Crippen LogP contribution in [0, 0.1) is 0 Å². The molecule has 1 N–H and O–H groups in total. The van der Waals surface area contributed by atoms with E-state index in [0.29, 0.717) is 11.6 Å². The summed E-state index contributed by atoms with van der Waals surface area (Å²) in [5.74, 6) is 1.09. The molecule has 1 atom stereocenters. The van der Waals surface area contributed by atoms with E-state index >= 15 is 0 Å². The van der Waals surface area contributed by atoms with Crippen molar-refractivity contribution in [2.75, 3.05) is 5.88 Å². The van der Waals surface area contributed by atoms with Crippen LogP contribution in [0.25, 0.3) is 0 Å². The fourth-order valence-corrected chi connectivity index (χ4v) is 3.27. The van der Waals surface area contributed by atoms with Gasteiger partial charge in [-0.2, -0.15) is 0 Å². The van der Waals surface area contributed by atoms with Crippen LogP contribution in [0.4, 0.5) is 0 Å². The fourth-order valence-electron chi connectivity index (χ4n) is 1.84. The van der Waals surface area contributed by atoms with Crippen LogP contribution in [0.1, 0.15) is 24.3 Å². The summed E-state index contributed by atoms with van der Waals surface area (Å²) in [6.07, 6.45) is 2.24. The molecule has 20 heavy (non-hydrogen) atoms. The monoisotopic (exact) mass is 313 g/mol. The molecule has 1 aromatic carbocycles. The smallest absolute Gasteiger partial charge is 0.241 e. The maximum Gasteiger partial charge on any atom is 0.241 e. The van der Waals surface area contributed by atoms with Crippen LogP contribution < -0.4 is 4.72 Å². The first kappa shape index (κ1) is 15.1. The molecule has 4 nitrogen and oxygen atoms in total. The van der Waals surface area contributed by atoms with E-state index in [2.05, 4.69) is 4.72 Å². The first-order chi connectivity index (χ1) is 9.53. The van der Waals surface area contributed by atoms with Gasteiger partial charge in [0.25, 0.3) is 0 Å². The van der Waals surface area contributed by atoms with E-state index in [0.717, 1.165) is 12.0 Å². The molecule has 1 aromatic heterocycles. The van der Waals surface area contributed by atoms with Gasteiger partial charge in [-0.15, -0.1) is 11.6 Å². The summed E-state index contributed by atoms with van der Waals surface area (Å²) in [7, 11) is -3.56. The maximum absolute atomic E-state index is 12.2. The number of hydrogen-bond acceptors (Lipinski definition) is 3. The van der Waals surface area contributed by atoms with Crippen molar-refractivity contribution in [3.05, 3.63) is 54.0 Å². The van der Waals surface area contributed by atoms with E-state index in [1.807, 2.05) is 0 Å². The van der Waals surface area contributed by atoms with E-state index < -0.39 is 16.1 Å². The van der Waals surface area contributed by atoms with Gasteiger partial charge in [0, 0.05) is 5.88 Å². The van der Waals surface area contributed by atoms with Crippen LogP contribution in [0.5, 0.6) is 0 Å². The molecule has 0 aliphatic heterocycles. The van der Waals surface area contributed by atoms with Gasteiger partial charge in [-0.3, -0.25) is 0 Å². The van der Waals surface area contributed by atoms with Crippen LogP contribution in [0.2, 0.25) is 0 Å². The Morgan fingerprint density at radius 2 is 1.95 bits per heavy atom. The van der Waals surface area contributed by atoms with Gasteiger partial charge in [-0.25, -0.2) is 13.1 Å². The second kappa shape index (κ2) is 6.43. The highest BCUT2D eigenvalue weighted by molar-refractivity contribution is 7.89. The van der Waals surface area contributed by atoms with Gasteiger partial charge in [0.1, 0.15) is 5.76 Å². The number of halogens is 1. The molecule has 6 heteroatoms. The molecule has 2 rings (SSSR count).